The van der Waals surface area contributed by atoms with E-state index in [-0.39, 0.29) is 6.54 Å². The van der Waals surface area contributed by atoms with Gasteiger partial charge >= 0.3 is 0 Å². The highest BCUT2D eigenvalue weighted by Gasteiger charge is 2.11. The smallest absolute Gasteiger partial charge is 0.0904 e. The van der Waals surface area contributed by atoms with E-state index in [2.05, 4.69) is 0 Å². The zero-order valence-electron chi connectivity index (χ0n) is 5.92. The SMILES string of the molecule is NC[C@@H](O)C1=COCCC1. The van der Waals surface area contributed by atoms with Gasteiger partial charge in [0.15, 0.2) is 0 Å². The molecule has 0 fully saturated rings. The lowest BCUT2D eigenvalue weighted by Crippen LogP contribution is -2.23. The first-order valence-corrected chi connectivity index (χ1v) is 3.53. The van der Waals surface area contributed by atoms with Gasteiger partial charge in [0.2, 0.25) is 0 Å². The van der Waals surface area contributed by atoms with Gasteiger partial charge in [-0.15, -0.1) is 0 Å². The fourth-order valence-corrected chi connectivity index (χ4v) is 0.981. The second-order valence-electron chi connectivity index (χ2n) is 2.42. The first-order valence-electron chi connectivity index (χ1n) is 3.53. The van der Waals surface area contributed by atoms with Gasteiger partial charge in [-0.1, -0.05) is 0 Å². The maximum absolute atomic E-state index is 9.21. The number of aliphatic hydroxyl groups is 1. The lowest BCUT2D eigenvalue weighted by molar-refractivity contribution is 0.173. The molecule has 1 heterocycles. The highest BCUT2D eigenvalue weighted by molar-refractivity contribution is 5.06. The average Bonchev–Trinajstić information content (AvgIpc) is 2.05. The van der Waals surface area contributed by atoms with Crippen LogP contribution < -0.4 is 5.73 Å². The van der Waals surface area contributed by atoms with Gasteiger partial charge < -0.3 is 15.6 Å². The molecule has 1 rings (SSSR count). The van der Waals surface area contributed by atoms with Gasteiger partial charge in [0.05, 0.1) is 19.0 Å². The van der Waals surface area contributed by atoms with Crippen LogP contribution in [0.1, 0.15) is 12.8 Å². The third-order valence-electron chi connectivity index (χ3n) is 1.61. The predicted octanol–water partition coefficient (Wildman–Crippen LogP) is 0.000300. The predicted molar refractivity (Wildman–Crippen MR) is 38.3 cm³/mol. The van der Waals surface area contributed by atoms with Crippen LogP contribution in [0, 0.1) is 0 Å². The molecule has 0 saturated carbocycles. The Morgan fingerprint density at radius 3 is 3.10 bits per heavy atom. The van der Waals surface area contributed by atoms with Crippen molar-refractivity contribution in [2.75, 3.05) is 13.2 Å². The maximum Gasteiger partial charge on any atom is 0.0904 e. The largest absolute Gasteiger partial charge is 0.501 e. The van der Waals surface area contributed by atoms with E-state index < -0.39 is 6.10 Å². The molecule has 3 heteroatoms. The van der Waals surface area contributed by atoms with Gasteiger partial charge in [-0.2, -0.15) is 0 Å². The zero-order valence-corrected chi connectivity index (χ0v) is 5.92. The van der Waals surface area contributed by atoms with Crippen molar-refractivity contribution in [1.82, 2.24) is 0 Å². The Morgan fingerprint density at radius 1 is 1.80 bits per heavy atom. The van der Waals surface area contributed by atoms with Crippen molar-refractivity contribution in [3.05, 3.63) is 11.8 Å². The highest BCUT2D eigenvalue weighted by atomic mass is 16.5. The number of aliphatic hydroxyl groups excluding tert-OH is 1. The molecule has 1 aliphatic rings. The van der Waals surface area contributed by atoms with Gasteiger partial charge in [0, 0.05) is 6.54 Å². The van der Waals surface area contributed by atoms with Crippen LogP contribution >= 0.6 is 0 Å². The molecule has 0 radical (unpaired) electrons. The molecule has 0 unspecified atom stereocenters. The number of hydrogen-bond donors (Lipinski definition) is 2. The van der Waals surface area contributed by atoms with Crippen molar-refractivity contribution in [2.45, 2.75) is 18.9 Å². The van der Waals surface area contributed by atoms with Crippen molar-refractivity contribution < 1.29 is 9.84 Å². The molecule has 0 spiro atoms. The molecule has 1 aliphatic heterocycles. The summed E-state index contributed by atoms with van der Waals surface area (Å²) in [5.74, 6) is 0. The van der Waals surface area contributed by atoms with Crippen molar-refractivity contribution in [3.63, 3.8) is 0 Å². The van der Waals surface area contributed by atoms with E-state index in [9.17, 15) is 5.11 Å². The Labute approximate surface area is 60.5 Å². The highest BCUT2D eigenvalue weighted by Crippen LogP contribution is 2.14. The lowest BCUT2D eigenvalue weighted by Gasteiger charge is -2.16. The lowest BCUT2D eigenvalue weighted by atomic mass is 10.1. The normalized spacial score (nSPS) is 21.2. The molecule has 3 N–H and O–H groups in total. The van der Waals surface area contributed by atoms with Crippen molar-refractivity contribution in [2.24, 2.45) is 5.73 Å². The van der Waals surface area contributed by atoms with Gasteiger partial charge in [-0.25, -0.2) is 0 Å². The Hall–Kier alpha value is -0.540. The molecular formula is C7H13NO2. The summed E-state index contributed by atoms with van der Waals surface area (Å²) in [5, 5.41) is 9.21. The first-order chi connectivity index (χ1) is 4.84. The molecular weight excluding hydrogens is 130 g/mol. The van der Waals surface area contributed by atoms with Crippen molar-refractivity contribution >= 4 is 0 Å². The van der Waals surface area contributed by atoms with Crippen LogP contribution in [-0.4, -0.2) is 24.4 Å². The average molecular weight is 143 g/mol. The summed E-state index contributed by atoms with van der Waals surface area (Å²) >= 11 is 0. The quantitative estimate of drug-likeness (QED) is 0.572. The van der Waals surface area contributed by atoms with Crippen molar-refractivity contribution in [1.29, 1.82) is 0 Å². The molecule has 0 aromatic carbocycles. The molecule has 10 heavy (non-hydrogen) atoms. The Morgan fingerprint density at radius 2 is 2.60 bits per heavy atom. The van der Waals surface area contributed by atoms with E-state index in [4.69, 9.17) is 10.5 Å². The van der Waals surface area contributed by atoms with Crippen LogP contribution in [0.25, 0.3) is 0 Å². The third kappa shape index (κ3) is 1.72. The maximum atomic E-state index is 9.21. The second kappa shape index (κ2) is 3.58. The molecule has 0 aliphatic carbocycles. The van der Waals surface area contributed by atoms with Gasteiger partial charge in [-0.3, -0.25) is 0 Å². The molecule has 0 saturated heterocycles. The third-order valence-corrected chi connectivity index (χ3v) is 1.61. The summed E-state index contributed by atoms with van der Waals surface area (Å²) in [4.78, 5) is 0. The fraction of sp³-hybridized carbons (Fsp3) is 0.714. The second-order valence-corrected chi connectivity index (χ2v) is 2.42. The minimum Gasteiger partial charge on any atom is -0.501 e. The Balaban J connectivity index is 2.44. The summed E-state index contributed by atoms with van der Waals surface area (Å²) < 4.78 is 5.03. The molecule has 0 bridgehead atoms. The van der Waals surface area contributed by atoms with Crippen LogP contribution in [-0.2, 0) is 4.74 Å². The first kappa shape index (κ1) is 7.57. The summed E-state index contributed by atoms with van der Waals surface area (Å²) in [6.45, 7) is 1.05. The molecule has 58 valence electrons. The number of ether oxygens (including phenoxy) is 1. The minimum absolute atomic E-state index is 0.287. The molecule has 1 atom stereocenters. The topological polar surface area (TPSA) is 55.5 Å². The van der Waals surface area contributed by atoms with Gasteiger partial charge in [-0.05, 0) is 18.4 Å². The minimum atomic E-state index is -0.500. The van der Waals surface area contributed by atoms with E-state index in [1.165, 1.54) is 0 Å². The number of nitrogens with two attached hydrogens (primary N) is 1. The Kier molecular flexibility index (Phi) is 2.71. The number of rotatable bonds is 2. The van der Waals surface area contributed by atoms with Crippen LogP contribution in [0.2, 0.25) is 0 Å². The van der Waals surface area contributed by atoms with Gasteiger partial charge in [0.1, 0.15) is 0 Å². The van der Waals surface area contributed by atoms with Gasteiger partial charge in [0.25, 0.3) is 0 Å². The fourth-order valence-electron chi connectivity index (χ4n) is 0.981. The van der Waals surface area contributed by atoms with Crippen LogP contribution in [0.3, 0.4) is 0 Å². The van der Waals surface area contributed by atoms with E-state index in [0.717, 1.165) is 25.0 Å². The summed E-state index contributed by atoms with van der Waals surface area (Å²) in [6.07, 6.45) is 3.03. The van der Waals surface area contributed by atoms with E-state index in [1.807, 2.05) is 0 Å². The molecule has 0 aromatic rings. The zero-order chi connectivity index (χ0) is 7.40. The molecule has 0 amide bonds. The van der Waals surface area contributed by atoms with Crippen LogP contribution in [0.5, 0.6) is 0 Å². The summed E-state index contributed by atoms with van der Waals surface area (Å²) in [6, 6.07) is 0. The number of hydrogen-bond acceptors (Lipinski definition) is 3. The summed E-state index contributed by atoms with van der Waals surface area (Å²) in [5.41, 5.74) is 6.18. The van der Waals surface area contributed by atoms with Crippen molar-refractivity contribution in [3.8, 4) is 0 Å². The molecule has 0 aromatic heterocycles. The monoisotopic (exact) mass is 143 g/mol. The van der Waals surface area contributed by atoms with E-state index in [0.29, 0.717) is 0 Å². The molecule has 3 nitrogen and oxygen atoms in total. The van der Waals surface area contributed by atoms with E-state index >= 15 is 0 Å². The standard InChI is InChI=1S/C7H13NO2/c8-4-7(9)6-2-1-3-10-5-6/h5,7,9H,1-4,8H2/t7-/m1/s1. The van der Waals surface area contributed by atoms with Crippen LogP contribution in [0.4, 0.5) is 0 Å². The summed E-state index contributed by atoms with van der Waals surface area (Å²) in [7, 11) is 0. The van der Waals surface area contributed by atoms with E-state index in [1.54, 1.807) is 6.26 Å². The van der Waals surface area contributed by atoms with Crippen LogP contribution in [0.15, 0.2) is 11.8 Å². The Bertz CT molecular complexity index is 134.